The predicted octanol–water partition coefficient (Wildman–Crippen LogP) is 1.65. The van der Waals surface area contributed by atoms with Crippen molar-refractivity contribution in [3.05, 3.63) is 22.4 Å². The number of carbonyl (C=O) groups excluding carboxylic acids is 1. The maximum atomic E-state index is 9.83. The number of hydrogen-bond donors (Lipinski definition) is 0. The Morgan fingerprint density at radius 1 is 1.73 bits per heavy atom. The number of thiophene rings is 1. The summed E-state index contributed by atoms with van der Waals surface area (Å²) in [6, 6.07) is 4.79. The number of isocyanates is 1. The molecule has 54 valence electrons. The molecule has 3 nitrogen and oxygen atoms in total. The zero-order valence-electron chi connectivity index (χ0n) is 5.52. The number of rotatable bonds is 2. The van der Waals surface area contributed by atoms with Gasteiger partial charge in [0.1, 0.15) is 0 Å². The van der Waals surface area contributed by atoms with Gasteiger partial charge in [-0.05, 0) is 11.4 Å². The molecule has 0 fully saturated rings. The molecule has 0 N–H and O–H groups in total. The SMILES string of the molecule is N#CC(N=C=O)c1cccs1. The summed E-state index contributed by atoms with van der Waals surface area (Å²) < 4.78 is 0. The molecule has 1 rings (SSSR count). The molecule has 11 heavy (non-hydrogen) atoms. The molecule has 0 amide bonds. The Kier molecular flexibility index (Phi) is 2.56. The van der Waals surface area contributed by atoms with E-state index in [4.69, 9.17) is 5.26 Å². The van der Waals surface area contributed by atoms with Crippen LogP contribution in [0, 0.1) is 11.3 Å². The lowest BCUT2D eigenvalue weighted by molar-refractivity contribution is 0.561. The van der Waals surface area contributed by atoms with Gasteiger partial charge >= 0.3 is 0 Å². The van der Waals surface area contributed by atoms with Gasteiger partial charge in [0.15, 0.2) is 6.04 Å². The van der Waals surface area contributed by atoms with Crippen molar-refractivity contribution in [3.63, 3.8) is 0 Å². The summed E-state index contributed by atoms with van der Waals surface area (Å²) in [7, 11) is 0. The summed E-state index contributed by atoms with van der Waals surface area (Å²) >= 11 is 1.40. The summed E-state index contributed by atoms with van der Waals surface area (Å²) in [5, 5.41) is 10.3. The van der Waals surface area contributed by atoms with Crippen molar-refractivity contribution in [1.29, 1.82) is 5.26 Å². The van der Waals surface area contributed by atoms with Crippen molar-refractivity contribution in [1.82, 2.24) is 0 Å². The van der Waals surface area contributed by atoms with Gasteiger partial charge in [0.25, 0.3) is 0 Å². The Balaban J connectivity index is 2.90. The number of aliphatic imine (C=N–C) groups is 1. The van der Waals surface area contributed by atoms with Gasteiger partial charge in [-0.15, -0.1) is 11.3 Å². The molecule has 0 saturated carbocycles. The van der Waals surface area contributed by atoms with Crippen molar-refractivity contribution in [2.45, 2.75) is 6.04 Å². The smallest absolute Gasteiger partial charge is 0.211 e. The van der Waals surface area contributed by atoms with Crippen LogP contribution in [0.15, 0.2) is 22.5 Å². The van der Waals surface area contributed by atoms with Gasteiger partial charge in [0.05, 0.1) is 6.07 Å². The molecule has 1 heterocycles. The van der Waals surface area contributed by atoms with E-state index >= 15 is 0 Å². The first kappa shape index (κ1) is 7.67. The summed E-state index contributed by atoms with van der Waals surface area (Å²) in [6.07, 6.45) is 1.37. The van der Waals surface area contributed by atoms with Gasteiger partial charge in [-0.3, -0.25) is 0 Å². The third-order valence-corrected chi connectivity index (χ3v) is 2.04. The third kappa shape index (κ3) is 1.74. The van der Waals surface area contributed by atoms with E-state index in [0.29, 0.717) is 0 Å². The lowest BCUT2D eigenvalue weighted by atomic mass is 10.3. The highest BCUT2D eigenvalue weighted by Crippen LogP contribution is 2.20. The van der Waals surface area contributed by atoms with Crippen LogP contribution < -0.4 is 0 Å². The van der Waals surface area contributed by atoms with Crippen LogP contribution in [0.3, 0.4) is 0 Å². The van der Waals surface area contributed by atoms with Gasteiger partial charge < -0.3 is 0 Å². The molecule has 1 unspecified atom stereocenters. The largest absolute Gasteiger partial charge is 0.236 e. The first-order chi connectivity index (χ1) is 5.38. The fourth-order valence-electron chi connectivity index (χ4n) is 0.656. The van der Waals surface area contributed by atoms with Crippen LogP contribution >= 0.6 is 11.3 Å². The fraction of sp³-hybridized carbons (Fsp3) is 0.143. The molecule has 0 radical (unpaired) electrons. The van der Waals surface area contributed by atoms with E-state index in [1.807, 2.05) is 17.5 Å². The molecule has 1 aromatic rings. The van der Waals surface area contributed by atoms with E-state index in [0.717, 1.165) is 4.88 Å². The average Bonchev–Trinajstić information content (AvgIpc) is 2.52. The van der Waals surface area contributed by atoms with E-state index in [2.05, 4.69) is 4.99 Å². The van der Waals surface area contributed by atoms with E-state index in [1.165, 1.54) is 17.4 Å². The van der Waals surface area contributed by atoms with Crippen LogP contribution in [0.25, 0.3) is 0 Å². The monoisotopic (exact) mass is 164 g/mol. The van der Waals surface area contributed by atoms with Crippen molar-refractivity contribution >= 4 is 17.4 Å². The summed E-state index contributed by atoms with van der Waals surface area (Å²) in [5.41, 5.74) is 0. The van der Waals surface area contributed by atoms with E-state index in [9.17, 15) is 4.79 Å². The highest BCUT2D eigenvalue weighted by Gasteiger charge is 2.07. The maximum absolute atomic E-state index is 9.83. The number of nitrogens with zero attached hydrogens (tertiary/aromatic N) is 2. The summed E-state index contributed by atoms with van der Waals surface area (Å²) in [5.74, 6) is 0. The Hall–Kier alpha value is -1.43. The van der Waals surface area contributed by atoms with Crippen molar-refractivity contribution in [2.75, 3.05) is 0 Å². The minimum Gasteiger partial charge on any atom is -0.211 e. The van der Waals surface area contributed by atoms with Crippen molar-refractivity contribution in [2.24, 2.45) is 4.99 Å². The van der Waals surface area contributed by atoms with Gasteiger partial charge in [-0.25, -0.2) is 4.79 Å². The van der Waals surface area contributed by atoms with Gasteiger partial charge in [-0.1, -0.05) is 6.07 Å². The molecule has 0 saturated heterocycles. The van der Waals surface area contributed by atoms with E-state index in [-0.39, 0.29) is 0 Å². The normalized spacial score (nSPS) is 11.2. The molecule has 0 spiro atoms. The van der Waals surface area contributed by atoms with Crippen LogP contribution in [0.5, 0.6) is 0 Å². The fourth-order valence-corrected chi connectivity index (χ4v) is 1.36. The molecule has 0 aromatic carbocycles. The number of hydrogen-bond acceptors (Lipinski definition) is 4. The lowest BCUT2D eigenvalue weighted by Crippen LogP contribution is -1.85. The summed E-state index contributed by atoms with van der Waals surface area (Å²) in [4.78, 5) is 13.9. The molecule has 0 aliphatic heterocycles. The molecule has 0 aliphatic carbocycles. The van der Waals surface area contributed by atoms with Gasteiger partial charge in [0.2, 0.25) is 6.08 Å². The van der Waals surface area contributed by atoms with Gasteiger partial charge in [-0.2, -0.15) is 10.3 Å². The molecule has 4 heteroatoms. The second-order valence-electron chi connectivity index (χ2n) is 1.77. The van der Waals surface area contributed by atoms with Crippen LogP contribution in [0.1, 0.15) is 10.9 Å². The topological polar surface area (TPSA) is 53.2 Å². The Labute approximate surface area is 67.6 Å². The predicted molar refractivity (Wildman–Crippen MR) is 40.8 cm³/mol. The third-order valence-electron chi connectivity index (χ3n) is 1.12. The summed E-state index contributed by atoms with van der Waals surface area (Å²) in [6.45, 7) is 0. The van der Waals surface area contributed by atoms with Gasteiger partial charge in [0, 0.05) is 4.88 Å². The average molecular weight is 164 g/mol. The highest BCUT2D eigenvalue weighted by molar-refractivity contribution is 7.10. The zero-order chi connectivity index (χ0) is 8.10. The second-order valence-corrected chi connectivity index (χ2v) is 2.75. The molecule has 1 aromatic heterocycles. The number of nitriles is 1. The molecule has 0 bridgehead atoms. The van der Waals surface area contributed by atoms with Crippen LogP contribution in [0.2, 0.25) is 0 Å². The molecule has 1 atom stereocenters. The standard InChI is InChI=1S/C7H4N2OS/c8-4-6(9-5-10)7-2-1-3-11-7/h1-3,6H. The molecule has 0 aliphatic rings. The second kappa shape index (κ2) is 3.67. The quantitative estimate of drug-likeness (QED) is 0.493. The Morgan fingerprint density at radius 3 is 3.00 bits per heavy atom. The van der Waals surface area contributed by atoms with E-state index < -0.39 is 6.04 Å². The zero-order valence-corrected chi connectivity index (χ0v) is 6.34. The van der Waals surface area contributed by atoms with E-state index in [1.54, 1.807) is 6.07 Å². The first-order valence-corrected chi connectivity index (χ1v) is 3.76. The van der Waals surface area contributed by atoms with Crippen LogP contribution in [0.4, 0.5) is 0 Å². The van der Waals surface area contributed by atoms with Crippen molar-refractivity contribution < 1.29 is 4.79 Å². The van der Waals surface area contributed by atoms with Crippen LogP contribution in [-0.2, 0) is 4.79 Å². The maximum Gasteiger partial charge on any atom is 0.236 e. The first-order valence-electron chi connectivity index (χ1n) is 2.88. The molecular weight excluding hydrogens is 160 g/mol. The lowest BCUT2D eigenvalue weighted by Gasteiger charge is -1.93. The Bertz CT molecular complexity index is 306. The van der Waals surface area contributed by atoms with Crippen molar-refractivity contribution in [3.8, 4) is 6.07 Å². The van der Waals surface area contributed by atoms with Crippen LogP contribution in [-0.4, -0.2) is 6.08 Å². The minimum absolute atomic E-state index is 0.674. The minimum atomic E-state index is -0.674. The Morgan fingerprint density at radius 2 is 2.55 bits per heavy atom. The highest BCUT2D eigenvalue weighted by atomic mass is 32.1. The molecular formula is C7H4N2OS.